The molecule has 0 radical (unpaired) electrons. The Labute approximate surface area is 210 Å². The molecule has 186 valence electrons. The Morgan fingerprint density at radius 1 is 1.32 bits per heavy atom. The number of nitrogens with two attached hydrogens (primary N) is 1. The largest absolute Gasteiger partial charge is 0.383 e. The van der Waals surface area contributed by atoms with Gasteiger partial charge in [0.15, 0.2) is 11.6 Å². The molecule has 1 amide bonds. The lowest BCUT2D eigenvalue weighted by Gasteiger charge is -2.20. The number of carbonyl (C=O) groups is 1. The number of nitrogen functional groups attached to an aromatic ring is 1. The fourth-order valence-electron chi connectivity index (χ4n) is 4.86. The third-order valence-corrected chi connectivity index (χ3v) is 6.61. The molecule has 0 bridgehead atoms. The Bertz CT molecular complexity index is 1670. The van der Waals surface area contributed by atoms with Crippen LogP contribution in [0.3, 0.4) is 0 Å². The van der Waals surface area contributed by atoms with Gasteiger partial charge in [-0.2, -0.15) is 10.4 Å². The summed E-state index contributed by atoms with van der Waals surface area (Å²) in [6.07, 6.45) is 4.88. The maximum atomic E-state index is 14.9. The van der Waals surface area contributed by atoms with Crippen LogP contribution in [0.25, 0.3) is 21.9 Å². The molecule has 1 saturated heterocycles. The second-order valence-corrected chi connectivity index (χ2v) is 8.68. The number of nitriles is 1. The van der Waals surface area contributed by atoms with E-state index in [9.17, 15) is 18.8 Å². The fourth-order valence-corrected chi connectivity index (χ4v) is 4.86. The van der Waals surface area contributed by atoms with Crippen molar-refractivity contribution in [3.05, 3.63) is 60.2 Å². The lowest BCUT2D eigenvalue weighted by molar-refractivity contribution is -0.126. The Kier molecular flexibility index (Phi) is 6.06. The van der Waals surface area contributed by atoms with Crippen molar-refractivity contribution in [1.82, 2.24) is 29.2 Å². The van der Waals surface area contributed by atoms with Gasteiger partial charge in [-0.25, -0.2) is 18.7 Å². The zero-order valence-electron chi connectivity index (χ0n) is 19.9. The molecular weight excluding hydrogens is 478 g/mol. The lowest BCUT2D eigenvalue weighted by Crippen LogP contribution is -2.34. The summed E-state index contributed by atoms with van der Waals surface area (Å²) >= 11 is 0. The van der Waals surface area contributed by atoms with Gasteiger partial charge in [0.2, 0.25) is 5.91 Å². The number of fused-ring (bicyclic) bond motifs is 2. The van der Waals surface area contributed by atoms with Crippen LogP contribution in [0.2, 0.25) is 0 Å². The molecule has 1 aliphatic rings. The highest BCUT2D eigenvalue weighted by molar-refractivity contribution is 5.93. The van der Waals surface area contributed by atoms with Crippen LogP contribution in [-0.2, 0) is 11.3 Å². The quantitative estimate of drug-likeness (QED) is 0.339. The van der Waals surface area contributed by atoms with Crippen LogP contribution in [-0.4, -0.2) is 47.7 Å². The van der Waals surface area contributed by atoms with Gasteiger partial charge < -0.3 is 15.2 Å². The minimum absolute atomic E-state index is 0.0838. The predicted octanol–water partition coefficient (Wildman–Crippen LogP) is 3.30. The number of pyridine rings is 1. The van der Waals surface area contributed by atoms with Crippen LogP contribution >= 0.6 is 0 Å². The van der Waals surface area contributed by atoms with Crippen LogP contribution < -0.4 is 5.73 Å². The maximum Gasteiger partial charge on any atom is 0.246 e. The third-order valence-electron chi connectivity index (χ3n) is 6.61. The van der Waals surface area contributed by atoms with Crippen LogP contribution in [0.1, 0.15) is 37.1 Å². The monoisotopic (exact) mass is 500 g/mol. The van der Waals surface area contributed by atoms with Gasteiger partial charge in [-0.3, -0.25) is 9.48 Å². The molecule has 4 aromatic rings. The SMILES string of the molecule is C=CC(=O)N1CC(n2nc(C#Cc3cc4ncn(CC)c4c(F)c3F)c3c(N)nccc32)C[C@@H]1CC#N. The van der Waals surface area contributed by atoms with Gasteiger partial charge in [-0.1, -0.05) is 12.5 Å². The average Bonchev–Trinajstić information content (AvgIpc) is 3.60. The molecule has 9 nitrogen and oxygen atoms in total. The van der Waals surface area contributed by atoms with Crippen molar-refractivity contribution in [3.8, 4) is 17.9 Å². The Hall–Kier alpha value is -4.77. The Morgan fingerprint density at radius 3 is 2.86 bits per heavy atom. The molecule has 1 aliphatic heterocycles. The first-order valence-electron chi connectivity index (χ1n) is 11.6. The van der Waals surface area contributed by atoms with E-state index >= 15 is 0 Å². The van der Waals surface area contributed by atoms with Crippen molar-refractivity contribution < 1.29 is 13.6 Å². The number of nitrogens with zero attached hydrogens (tertiary/aromatic N) is 7. The topological polar surface area (TPSA) is 119 Å². The van der Waals surface area contributed by atoms with Crippen molar-refractivity contribution in [1.29, 1.82) is 5.26 Å². The second-order valence-electron chi connectivity index (χ2n) is 8.68. The van der Waals surface area contributed by atoms with Crippen molar-refractivity contribution in [2.75, 3.05) is 12.3 Å². The van der Waals surface area contributed by atoms with Crippen molar-refractivity contribution in [3.63, 3.8) is 0 Å². The molecule has 11 heteroatoms. The van der Waals surface area contributed by atoms with E-state index in [1.165, 1.54) is 29.2 Å². The fraction of sp³-hybridized carbons (Fsp3) is 0.269. The zero-order chi connectivity index (χ0) is 26.3. The number of aryl methyl sites for hydroxylation is 1. The van der Waals surface area contributed by atoms with Crippen LogP contribution in [0.15, 0.2) is 37.3 Å². The summed E-state index contributed by atoms with van der Waals surface area (Å²) in [6.45, 7) is 6.13. The molecule has 0 spiro atoms. The number of imidazole rings is 1. The second kappa shape index (κ2) is 9.36. The van der Waals surface area contributed by atoms with Gasteiger partial charge in [0.1, 0.15) is 17.0 Å². The first-order valence-corrected chi connectivity index (χ1v) is 11.6. The molecular formula is C26H22F2N8O. The molecule has 5 rings (SSSR count). The highest BCUT2D eigenvalue weighted by Gasteiger charge is 2.36. The standard InChI is InChI=1S/C26H22F2N8O/c1-3-21(37)35-13-17(12-16(35)7-9-29)36-20-8-10-31-26(30)22(20)18(33-36)6-5-15-11-19-25(24(28)23(15)27)34(4-2)14-32-19/h3,8,10-11,14,16-17H,1,4,7,12-13H2,2H3,(H2,30,31)/t16-,17?/m0/s1. The van der Waals surface area contributed by atoms with Crippen molar-refractivity contribution in [2.45, 2.75) is 38.4 Å². The summed E-state index contributed by atoms with van der Waals surface area (Å²) < 4.78 is 32.9. The molecule has 4 heterocycles. The maximum absolute atomic E-state index is 14.9. The molecule has 2 N–H and O–H groups in total. The lowest BCUT2D eigenvalue weighted by atomic mass is 10.1. The number of likely N-dealkylation sites (tertiary alicyclic amines) is 1. The predicted molar refractivity (Wildman–Crippen MR) is 133 cm³/mol. The minimum atomic E-state index is -1.07. The summed E-state index contributed by atoms with van der Waals surface area (Å²) in [5.41, 5.74) is 7.25. The number of benzene rings is 1. The number of aromatic nitrogens is 5. The molecule has 2 atom stereocenters. The first-order chi connectivity index (χ1) is 17.9. The Morgan fingerprint density at radius 2 is 2.14 bits per heavy atom. The van der Waals surface area contributed by atoms with E-state index in [4.69, 9.17) is 5.73 Å². The normalized spacial score (nSPS) is 17.1. The molecule has 1 aromatic carbocycles. The van der Waals surface area contributed by atoms with E-state index in [2.05, 4.69) is 39.6 Å². The summed E-state index contributed by atoms with van der Waals surface area (Å²) in [5, 5.41) is 14.3. The summed E-state index contributed by atoms with van der Waals surface area (Å²) in [7, 11) is 0. The van der Waals surface area contributed by atoms with E-state index in [0.717, 1.165) is 0 Å². The number of carbonyl (C=O) groups excluding carboxylic acids is 1. The highest BCUT2D eigenvalue weighted by Crippen LogP contribution is 2.33. The smallest absolute Gasteiger partial charge is 0.246 e. The third kappa shape index (κ3) is 3.95. The van der Waals surface area contributed by atoms with Gasteiger partial charge in [-0.05, 0) is 37.5 Å². The number of halogens is 2. The van der Waals surface area contributed by atoms with E-state index in [-0.39, 0.29) is 47.0 Å². The molecule has 37 heavy (non-hydrogen) atoms. The molecule has 0 aliphatic carbocycles. The van der Waals surface area contributed by atoms with Crippen LogP contribution in [0, 0.1) is 34.8 Å². The minimum Gasteiger partial charge on any atom is -0.383 e. The van der Waals surface area contributed by atoms with Crippen molar-refractivity contribution >= 4 is 33.7 Å². The van der Waals surface area contributed by atoms with E-state index in [1.54, 1.807) is 15.6 Å². The summed E-state index contributed by atoms with van der Waals surface area (Å²) in [6, 6.07) is 4.70. The summed E-state index contributed by atoms with van der Waals surface area (Å²) in [4.78, 5) is 22.3. The van der Waals surface area contributed by atoms with E-state index in [1.807, 2.05) is 6.92 Å². The molecule has 0 saturated carbocycles. The number of hydrogen-bond donors (Lipinski definition) is 1. The highest BCUT2D eigenvalue weighted by atomic mass is 19.2. The first kappa shape index (κ1) is 23.9. The number of hydrogen-bond acceptors (Lipinski definition) is 6. The molecule has 3 aromatic heterocycles. The van der Waals surface area contributed by atoms with E-state index in [0.29, 0.717) is 35.9 Å². The summed E-state index contributed by atoms with van der Waals surface area (Å²) in [5.74, 6) is 3.35. The van der Waals surface area contributed by atoms with Gasteiger partial charge >= 0.3 is 0 Å². The van der Waals surface area contributed by atoms with Crippen molar-refractivity contribution in [2.24, 2.45) is 0 Å². The van der Waals surface area contributed by atoms with E-state index < -0.39 is 11.6 Å². The number of anilines is 1. The molecule has 1 unspecified atom stereocenters. The average molecular weight is 501 g/mol. The Balaban J connectivity index is 1.59. The molecule has 1 fully saturated rings. The van der Waals surface area contributed by atoms with Crippen LogP contribution in [0.5, 0.6) is 0 Å². The van der Waals surface area contributed by atoms with Gasteiger partial charge in [-0.15, -0.1) is 0 Å². The van der Waals surface area contributed by atoms with Gasteiger partial charge in [0, 0.05) is 25.3 Å². The number of amides is 1. The van der Waals surface area contributed by atoms with Crippen LogP contribution in [0.4, 0.5) is 14.6 Å². The zero-order valence-corrected chi connectivity index (χ0v) is 19.9. The van der Waals surface area contributed by atoms with Gasteiger partial charge in [0.05, 0.1) is 46.8 Å². The van der Waals surface area contributed by atoms with Gasteiger partial charge in [0.25, 0.3) is 0 Å². The number of rotatable bonds is 4.